The first kappa shape index (κ1) is 16.3. The van der Waals surface area contributed by atoms with E-state index < -0.39 is 0 Å². The zero-order valence-electron chi connectivity index (χ0n) is 14.6. The van der Waals surface area contributed by atoms with Crippen molar-refractivity contribution in [2.24, 2.45) is 0 Å². The van der Waals surface area contributed by atoms with Crippen LogP contribution in [0.3, 0.4) is 0 Å². The highest BCUT2D eigenvalue weighted by molar-refractivity contribution is 5.78. The molecule has 2 heterocycles. The van der Waals surface area contributed by atoms with E-state index in [2.05, 4.69) is 44.6 Å². The number of rotatable bonds is 4. The number of amides is 1. The predicted molar refractivity (Wildman–Crippen MR) is 92.8 cm³/mol. The van der Waals surface area contributed by atoms with E-state index in [1.165, 1.54) is 11.1 Å². The number of carbonyl (C=O) groups is 1. The predicted octanol–water partition coefficient (Wildman–Crippen LogP) is 2.71. The minimum absolute atomic E-state index is 0.0776. The number of nitrogens with zero attached hydrogens (tertiary/aromatic N) is 3. The Hall–Kier alpha value is -2.21. The van der Waals surface area contributed by atoms with E-state index in [0.29, 0.717) is 18.3 Å². The van der Waals surface area contributed by atoms with Crippen LogP contribution >= 0.6 is 0 Å². The van der Waals surface area contributed by atoms with Crippen LogP contribution in [0.2, 0.25) is 0 Å². The summed E-state index contributed by atoms with van der Waals surface area (Å²) in [4.78, 5) is 19.1. The number of nitrogens with one attached hydrogen (secondary N) is 1. The van der Waals surface area contributed by atoms with Crippen molar-refractivity contribution in [1.29, 1.82) is 0 Å². The van der Waals surface area contributed by atoms with Gasteiger partial charge in [0.1, 0.15) is 0 Å². The summed E-state index contributed by atoms with van der Waals surface area (Å²) in [6, 6.07) is 8.65. The topological polar surface area (TPSA) is 71.3 Å². The summed E-state index contributed by atoms with van der Waals surface area (Å²) in [7, 11) is 0. The molecule has 1 aliphatic carbocycles. The van der Waals surface area contributed by atoms with E-state index in [1.807, 2.05) is 0 Å². The van der Waals surface area contributed by atoms with Gasteiger partial charge >= 0.3 is 0 Å². The minimum Gasteiger partial charge on any atom is -0.348 e. The van der Waals surface area contributed by atoms with Crippen LogP contribution in [0.25, 0.3) is 0 Å². The second kappa shape index (κ2) is 6.96. The first-order valence-electron chi connectivity index (χ1n) is 9.12. The molecule has 1 saturated heterocycles. The molecule has 0 spiro atoms. The van der Waals surface area contributed by atoms with Crippen molar-refractivity contribution in [3.63, 3.8) is 0 Å². The Balaban J connectivity index is 1.41. The van der Waals surface area contributed by atoms with Gasteiger partial charge in [-0.3, -0.25) is 9.69 Å². The number of likely N-dealkylation sites (tertiary alicyclic amines) is 1. The van der Waals surface area contributed by atoms with Crippen LogP contribution in [0, 0.1) is 6.92 Å². The Bertz CT molecular complexity index is 757. The number of benzene rings is 1. The van der Waals surface area contributed by atoms with E-state index in [0.717, 1.165) is 38.6 Å². The fraction of sp³-hybridized carbons (Fsp3) is 0.526. The summed E-state index contributed by atoms with van der Waals surface area (Å²) in [5, 5.41) is 7.28. The highest BCUT2D eigenvalue weighted by Crippen LogP contribution is 2.31. The van der Waals surface area contributed by atoms with Crippen molar-refractivity contribution >= 4 is 5.91 Å². The second-order valence-corrected chi connectivity index (χ2v) is 7.01. The standard InChI is InChI=1S/C19H24N4O2/c1-13-20-19(22-25-13)17-10-5-11-23(17)12-18(24)21-16-9-4-7-14-6-2-3-8-15(14)16/h2-3,6,8,16-17H,4-5,7,9-12H2,1H3,(H,21,24). The Morgan fingerprint density at radius 1 is 1.32 bits per heavy atom. The Morgan fingerprint density at radius 2 is 2.20 bits per heavy atom. The molecule has 25 heavy (non-hydrogen) atoms. The van der Waals surface area contributed by atoms with Crippen LogP contribution in [0.5, 0.6) is 0 Å². The third-order valence-electron chi connectivity index (χ3n) is 5.26. The summed E-state index contributed by atoms with van der Waals surface area (Å²) in [5.41, 5.74) is 2.63. The average Bonchev–Trinajstić information content (AvgIpc) is 3.24. The molecule has 4 rings (SSSR count). The summed E-state index contributed by atoms with van der Waals surface area (Å²) >= 11 is 0. The third-order valence-corrected chi connectivity index (χ3v) is 5.26. The number of hydrogen-bond donors (Lipinski definition) is 1. The van der Waals surface area contributed by atoms with Gasteiger partial charge in [0.25, 0.3) is 0 Å². The van der Waals surface area contributed by atoms with E-state index in [4.69, 9.17) is 4.52 Å². The Morgan fingerprint density at radius 3 is 3.04 bits per heavy atom. The van der Waals surface area contributed by atoms with Crippen LogP contribution < -0.4 is 5.32 Å². The summed E-state index contributed by atoms with van der Waals surface area (Å²) in [6.45, 7) is 3.08. The summed E-state index contributed by atoms with van der Waals surface area (Å²) in [5.74, 6) is 1.35. The molecule has 1 N–H and O–H groups in total. The Labute approximate surface area is 147 Å². The molecule has 132 valence electrons. The summed E-state index contributed by atoms with van der Waals surface area (Å²) < 4.78 is 5.10. The van der Waals surface area contributed by atoms with Crippen molar-refractivity contribution in [1.82, 2.24) is 20.4 Å². The molecular weight excluding hydrogens is 316 g/mol. The molecule has 2 atom stereocenters. The number of aromatic nitrogens is 2. The number of carbonyl (C=O) groups excluding carboxylic acids is 1. The summed E-state index contributed by atoms with van der Waals surface area (Å²) in [6.07, 6.45) is 5.26. The lowest BCUT2D eigenvalue weighted by Gasteiger charge is -2.28. The zero-order chi connectivity index (χ0) is 17.2. The molecule has 2 unspecified atom stereocenters. The van der Waals surface area contributed by atoms with Gasteiger partial charge in [-0.15, -0.1) is 0 Å². The zero-order valence-corrected chi connectivity index (χ0v) is 14.6. The van der Waals surface area contributed by atoms with Gasteiger partial charge in [0.05, 0.1) is 18.6 Å². The SMILES string of the molecule is Cc1nc(C2CCCN2CC(=O)NC2CCCc3ccccc32)no1. The maximum absolute atomic E-state index is 12.6. The van der Waals surface area contributed by atoms with Gasteiger partial charge < -0.3 is 9.84 Å². The molecule has 1 aromatic carbocycles. The molecule has 0 saturated carbocycles. The lowest BCUT2D eigenvalue weighted by molar-refractivity contribution is -0.123. The van der Waals surface area contributed by atoms with Crippen LogP contribution in [-0.4, -0.2) is 34.0 Å². The number of aryl methyl sites for hydroxylation is 2. The molecule has 1 aromatic heterocycles. The molecule has 1 amide bonds. The fourth-order valence-corrected chi connectivity index (χ4v) is 4.09. The van der Waals surface area contributed by atoms with Crippen molar-refractivity contribution in [2.75, 3.05) is 13.1 Å². The largest absolute Gasteiger partial charge is 0.348 e. The molecule has 2 aromatic rings. The van der Waals surface area contributed by atoms with Gasteiger partial charge in [-0.05, 0) is 49.8 Å². The average molecular weight is 340 g/mol. The van der Waals surface area contributed by atoms with E-state index in [9.17, 15) is 4.79 Å². The smallest absolute Gasteiger partial charge is 0.234 e. The van der Waals surface area contributed by atoms with Crippen LogP contribution in [0.4, 0.5) is 0 Å². The van der Waals surface area contributed by atoms with E-state index in [1.54, 1.807) is 6.92 Å². The second-order valence-electron chi connectivity index (χ2n) is 7.01. The highest BCUT2D eigenvalue weighted by Gasteiger charge is 2.31. The molecule has 0 bridgehead atoms. The van der Waals surface area contributed by atoms with Gasteiger partial charge in [0.15, 0.2) is 5.82 Å². The normalized spacial score (nSPS) is 23.4. The van der Waals surface area contributed by atoms with Crippen LogP contribution in [-0.2, 0) is 11.2 Å². The van der Waals surface area contributed by atoms with Crippen molar-refractivity contribution in [3.8, 4) is 0 Å². The van der Waals surface area contributed by atoms with Gasteiger partial charge in [0.2, 0.25) is 11.8 Å². The highest BCUT2D eigenvalue weighted by atomic mass is 16.5. The molecular formula is C19H24N4O2. The van der Waals surface area contributed by atoms with Gasteiger partial charge in [-0.1, -0.05) is 29.4 Å². The Kier molecular flexibility index (Phi) is 4.53. The maximum Gasteiger partial charge on any atom is 0.234 e. The van der Waals surface area contributed by atoms with Gasteiger partial charge in [-0.25, -0.2) is 0 Å². The molecule has 6 nitrogen and oxygen atoms in total. The minimum atomic E-state index is 0.0776. The molecule has 2 aliphatic rings. The maximum atomic E-state index is 12.6. The first-order chi connectivity index (χ1) is 12.2. The van der Waals surface area contributed by atoms with E-state index >= 15 is 0 Å². The van der Waals surface area contributed by atoms with Gasteiger partial charge in [-0.2, -0.15) is 4.98 Å². The van der Waals surface area contributed by atoms with Crippen molar-refractivity contribution in [2.45, 2.75) is 51.1 Å². The van der Waals surface area contributed by atoms with Gasteiger partial charge in [0, 0.05) is 6.92 Å². The lowest BCUT2D eigenvalue weighted by atomic mass is 9.88. The first-order valence-corrected chi connectivity index (χ1v) is 9.12. The van der Waals surface area contributed by atoms with Crippen molar-refractivity contribution < 1.29 is 9.32 Å². The van der Waals surface area contributed by atoms with Crippen LogP contribution in [0.1, 0.15) is 60.6 Å². The molecule has 6 heteroatoms. The van der Waals surface area contributed by atoms with E-state index in [-0.39, 0.29) is 18.0 Å². The van der Waals surface area contributed by atoms with Crippen LogP contribution in [0.15, 0.2) is 28.8 Å². The fourth-order valence-electron chi connectivity index (χ4n) is 4.09. The number of hydrogen-bond acceptors (Lipinski definition) is 5. The molecule has 1 aliphatic heterocycles. The molecule has 0 radical (unpaired) electrons. The third kappa shape index (κ3) is 3.44. The van der Waals surface area contributed by atoms with Crippen molar-refractivity contribution in [3.05, 3.63) is 47.1 Å². The lowest BCUT2D eigenvalue weighted by Crippen LogP contribution is -2.39. The number of fused-ring (bicyclic) bond motifs is 1. The molecule has 1 fully saturated rings. The quantitative estimate of drug-likeness (QED) is 0.926. The monoisotopic (exact) mass is 340 g/mol.